The van der Waals surface area contributed by atoms with E-state index in [-0.39, 0.29) is 10.8 Å². The van der Waals surface area contributed by atoms with E-state index in [1.165, 1.54) is 4.31 Å². The minimum absolute atomic E-state index is 0.0518. The van der Waals surface area contributed by atoms with Crippen molar-refractivity contribution in [2.75, 3.05) is 25.5 Å². The Balaban J connectivity index is 1.49. The number of hydrogen-bond donors (Lipinski definition) is 1. The lowest BCUT2D eigenvalue weighted by atomic mass is 9.93. The summed E-state index contributed by atoms with van der Waals surface area (Å²) < 4.78 is 37.4. The van der Waals surface area contributed by atoms with E-state index in [4.69, 9.17) is 9.26 Å². The molecule has 29 heavy (non-hydrogen) atoms. The van der Waals surface area contributed by atoms with Crippen molar-refractivity contribution in [3.05, 3.63) is 35.7 Å². The summed E-state index contributed by atoms with van der Waals surface area (Å²) in [6.45, 7) is 4.13. The number of nitrogens with one attached hydrogen (secondary N) is 1. The lowest BCUT2D eigenvalue weighted by Crippen LogP contribution is -2.39. The zero-order valence-corrected chi connectivity index (χ0v) is 17.8. The molecule has 0 atom stereocenters. The summed E-state index contributed by atoms with van der Waals surface area (Å²) in [7, 11) is -2.01. The number of sulfonamides is 1. The molecule has 0 saturated carbocycles. The Morgan fingerprint density at radius 3 is 2.66 bits per heavy atom. The van der Waals surface area contributed by atoms with Crippen LogP contribution in [-0.2, 0) is 14.8 Å². The number of nitrogens with zero attached hydrogens (tertiary/aromatic N) is 2. The molecule has 2 heterocycles. The summed E-state index contributed by atoms with van der Waals surface area (Å²) in [6.07, 6.45) is 2.59. The van der Waals surface area contributed by atoms with Crippen molar-refractivity contribution in [2.24, 2.45) is 5.92 Å². The molecule has 1 fully saturated rings. The van der Waals surface area contributed by atoms with Gasteiger partial charge in [-0.25, -0.2) is 8.42 Å². The number of aryl methyl sites for hydroxylation is 2. The van der Waals surface area contributed by atoms with Crippen LogP contribution in [-0.4, -0.2) is 44.0 Å². The first-order valence-electron chi connectivity index (χ1n) is 9.68. The zero-order valence-electron chi connectivity index (χ0n) is 17.0. The Morgan fingerprint density at radius 1 is 1.31 bits per heavy atom. The first-order chi connectivity index (χ1) is 13.8. The number of benzene rings is 1. The maximum Gasteiger partial charge on any atom is 0.248 e. The molecular formula is C20H27N3O5S. The first-order valence-corrected chi connectivity index (χ1v) is 11.1. The van der Waals surface area contributed by atoms with Crippen LogP contribution < -0.4 is 10.1 Å². The molecule has 0 aliphatic carbocycles. The van der Waals surface area contributed by atoms with Crippen LogP contribution in [0.2, 0.25) is 0 Å². The van der Waals surface area contributed by atoms with Crippen molar-refractivity contribution >= 4 is 21.6 Å². The summed E-state index contributed by atoms with van der Waals surface area (Å²) in [5, 5.41) is 6.63. The molecule has 1 aliphatic rings. The Hall–Kier alpha value is -2.39. The number of amides is 1. The average molecular weight is 422 g/mol. The maximum atomic E-state index is 12.9. The Labute approximate surface area is 171 Å². The molecule has 158 valence electrons. The highest BCUT2D eigenvalue weighted by Crippen LogP contribution is 2.29. The molecule has 0 bridgehead atoms. The standard InChI is InChI=1S/C20H27N3O5S/c1-14-20(15(2)28-22-14)29(25,26)23-11-9-16(10-12-23)7-8-19(24)21-17-5-4-6-18(13-17)27-3/h4-6,13,16H,7-12H2,1-3H3,(H,21,24). The molecule has 8 nitrogen and oxygen atoms in total. The largest absolute Gasteiger partial charge is 0.497 e. The van der Waals surface area contributed by atoms with Gasteiger partial charge in [-0.05, 0) is 51.2 Å². The Morgan fingerprint density at radius 2 is 2.03 bits per heavy atom. The highest BCUT2D eigenvalue weighted by Gasteiger charge is 2.33. The Bertz CT molecular complexity index is 943. The van der Waals surface area contributed by atoms with Crippen LogP contribution in [0.5, 0.6) is 5.75 Å². The number of carbonyl (C=O) groups excluding carboxylic acids is 1. The third kappa shape index (κ3) is 4.97. The van der Waals surface area contributed by atoms with Gasteiger partial charge in [0.1, 0.15) is 16.3 Å². The molecular weight excluding hydrogens is 394 g/mol. The van der Waals surface area contributed by atoms with E-state index in [1.54, 1.807) is 27.0 Å². The van der Waals surface area contributed by atoms with Crippen LogP contribution in [0.1, 0.15) is 37.1 Å². The summed E-state index contributed by atoms with van der Waals surface area (Å²) in [5.74, 6) is 1.28. The van der Waals surface area contributed by atoms with E-state index < -0.39 is 10.0 Å². The number of anilines is 1. The maximum absolute atomic E-state index is 12.9. The van der Waals surface area contributed by atoms with Crippen LogP contribution in [0.4, 0.5) is 5.69 Å². The number of carbonyl (C=O) groups is 1. The molecule has 1 amide bonds. The average Bonchev–Trinajstić information content (AvgIpc) is 3.05. The van der Waals surface area contributed by atoms with Gasteiger partial charge in [0, 0.05) is 31.3 Å². The van der Waals surface area contributed by atoms with Crippen molar-refractivity contribution in [3.8, 4) is 5.75 Å². The number of hydrogen-bond acceptors (Lipinski definition) is 6. The van der Waals surface area contributed by atoms with Crippen molar-refractivity contribution in [1.82, 2.24) is 9.46 Å². The predicted octanol–water partition coefficient (Wildman–Crippen LogP) is 3.12. The molecule has 1 saturated heterocycles. The van der Waals surface area contributed by atoms with Gasteiger partial charge in [0.2, 0.25) is 15.9 Å². The van der Waals surface area contributed by atoms with E-state index in [0.29, 0.717) is 48.3 Å². The quantitative estimate of drug-likeness (QED) is 0.737. The van der Waals surface area contributed by atoms with Crippen LogP contribution in [0, 0.1) is 19.8 Å². The van der Waals surface area contributed by atoms with E-state index in [2.05, 4.69) is 10.5 Å². The number of ether oxygens (including phenoxy) is 1. The van der Waals surface area contributed by atoms with Crippen LogP contribution in [0.3, 0.4) is 0 Å². The first kappa shape index (κ1) is 21.3. The minimum Gasteiger partial charge on any atom is -0.497 e. The molecule has 2 aromatic rings. The summed E-state index contributed by atoms with van der Waals surface area (Å²) in [4.78, 5) is 12.4. The third-order valence-corrected chi connectivity index (χ3v) is 7.42. The highest BCUT2D eigenvalue weighted by molar-refractivity contribution is 7.89. The molecule has 1 aliphatic heterocycles. The molecule has 9 heteroatoms. The number of aromatic nitrogens is 1. The molecule has 1 aromatic carbocycles. The second-order valence-corrected chi connectivity index (χ2v) is 9.19. The molecule has 1 aromatic heterocycles. The summed E-state index contributed by atoms with van der Waals surface area (Å²) >= 11 is 0. The third-order valence-electron chi connectivity index (χ3n) is 5.27. The number of methoxy groups -OCH3 is 1. The second-order valence-electron chi connectivity index (χ2n) is 7.32. The van der Waals surface area contributed by atoms with Gasteiger partial charge in [-0.15, -0.1) is 0 Å². The lowest BCUT2D eigenvalue weighted by Gasteiger charge is -2.31. The summed E-state index contributed by atoms with van der Waals surface area (Å²) in [5.41, 5.74) is 1.09. The second kappa shape index (κ2) is 8.96. The fourth-order valence-corrected chi connectivity index (χ4v) is 5.43. The van der Waals surface area contributed by atoms with Crippen LogP contribution in [0.15, 0.2) is 33.7 Å². The SMILES string of the molecule is COc1cccc(NC(=O)CCC2CCN(S(=O)(=O)c3c(C)noc3C)CC2)c1. The monoisotopic (exact) mass is 421 g/mol. The fourth-order valence-electron chi connectivity index (χ4n) is 3.67. The van der Waals surface area contributed by atoms with Gasteiger partial charge < -0.3 is 14.6 Å². The molecule has 0 unspecified atom stereocenters. The van der Waals surface area contributed by atoms with Gasteiger partial charge >= 0.3 is 0 Å². The highest BCUT2D eigenvalue weighted by atomic mass is 32.2. The number of rotatable bonds is 7. The van der Waals surface area contributed by atoms with Gasteiger partial charge in [0.15, 0.2) is 5.76 Å². The number of piperidine rings is 1. The van der Waals surface area contributed by atoms with Gasteiger partial charge in [-0.1, -0.05) is 11.2 Å². The van der Waals surface area contributed by atoms with Gasteiger partial charge in [-0.2, -0.15) is 4.31 Å². The fraction of sp³-hybridized carbons (Fsp3) is 0.500. The molecule has 3 rings (SSSR count). The van der Waals surface area contributed by atoms with Crippen LogP contribution >= 0.6 is 0 Å². The van der Waals surface area contributed by atoms with E-state index in [1.807, 2.05) is 18.2 Å². The van der Waals surface area contributed by atoms with Gasteiger partial charge in [-0.3, -0.25) is 4.79 Å². The normalized spacial score (nSPS) is 16.0. The van der Waals surface area contributed by atoms with E-state index in [9.17, 15) is 13.2 Å². The van der Waals surface area contributed by atoms with Crippen molar-refractivity contribution in [1.29, 1.82) is 0 Å². The molecule has 0 spiro atoms. The smallest absolute Gasteiger partial charge is 0.248 e. The molecule has 0 radical (unpaired) electrons. The van der Waals surface area contributed by atoms with Crippen molar-refractivity contribution in [2.45, 2.75) is 44.4 Å². The Kier molecular flexibility index (Phi) is 6.59. The van der Waals surface area contributed by atoms with Gasteiger partial charge in [0.25, 0.3) is 0 Å². The topological polar surface area (TPSA) is 102 Å². The summed E-state index contributed by atoms with van der Waals surface area (Å²) in [6, 6.07) is 7.23. The van der Waals surface area contributed by atoms with E-state index in [0.717, 1.165) is 19.3 Å². The van der Waals surface area contributed by atoms with Crippen LogP contribution in [0.25, 0.3) is 0 Å². The minimum atomic E-state index is -3.60. The van der Waals surface area contributed by atoms with Gasteiger partial charge in [0.05, 0.1) is 7.11 Å². The van der Waals surface area contributed by atoms with Crippen molar-refractivity contribution in [3.63, 3.8) is 0 Å². The predicted molar refractivity (Wildman–Crippen MR) is 108 cm³/mol. The zero-order chi connectivity index (χ0) is 21.0. The molecule has 1 N–H and O–H groups in total. The van der Waals surface area contributed by atoms with Crippen molar-refractivity contribution < 1.29 is 22.5 Å². The lowest BCUT2D eigenvalue weighted by molar-refractivity contribution is -0.116. The van der Waals surface area contributed by atoms with E-state index >= 15 is 0 Å².